The highest BCUT2D eigenvalue weighted by Crippen LogP contribution is 2.28. The summed E-state index contributed by atoms with van der Waals surface area (Å²) in [5.41, 5.74) is -0.628. The molecule has 1 aromatic heterocycles. The van der Waals surface area contributed by atoms with Crippen molar-refractivity contribution < 1.29 is 5.11 Å². The molecule has 0 amide bonds. The Bertz CT molecular complexity index is 319. The lowest BCUT2D eigenvalue weighted by molar-refractivity contribution is -0.0178. The summed E-state index contributed by atoms with van der Waals surface area (Å²) in [7, 11) is 0. The van der Waals surface area contributed by atoms with E-state index in [-0.39, 0.29) is 6.04 Å². The first-order valence-electron chi connectivity index (χ1n) is 5.04. The number of hydrogen-bond donors (Lipinski definition) is 2. The molecule has 4 heteroatoms. The van der Waals surface area contributed by atoms with E-state index in [0.29, 0.717) is 0 Å². The first-order valence-corrected chi connectivity index (χ1v) is 5.04. The number of nitrogens with one attached hydrogen (secondary N) is 1. The second kappa shape index (κ2) is 3.37. The molecule has 2 atom stereocenters. The van der Waals surface area contributed by atoms with E-state index in [2.05, 4.69) is 10.3 Å². The molecule has 14 heavy (non-hydrogen) atoms. The highest BCUT2D eigenvalue weighted by Gasteiger charge is 2.35. The van der Waals surface area contributed by atoms with E-state index in [1.54, 1.807) is 6.20 Å². The molecule has 0 spiro atoms. The fourth-order valence-corrected chi connectivity index (χ4v) is 2.08. The van der Waals surface area contributed by atoms with Crippen LogP contribution in [0.4, 0.5) is 0 Å². The fourth-order valence-electron chi connectivity index (χ4n) is 2.08. The standard InChI is InChI=1S/C10H17N3O/c1-8-12-5-6-13(8)9-7-11-4-3-10(9,2)14/h5-6,9,11,14H,3-4,7H2,1-2H3. The Morgan fingerprint density at radius 1 is 1.71 bits per heavy atom. The zero-order chi connectivity index (χ0) is 10.2. The van der Waals surface area contributed by atoms with Gasteiger partial charge in [-0.05, 0) is 26.8 Å². The number of hydrogen-bond acceptors (Lipinski definition) is 3. The van der Waals surface area contributed by atoms with Crippen molar-refractivity contribution in [2.24, 2.45) is 0 Å². The molecule has 1 aliphatic rings. The molecule has 0 aliphatic carbocycles. The molecular weight excluding hydrogens is 178 g/mol. The molecule has 2 heterocycles. The second-order valence-corrected chi connectivity index (χ2v) is 4.21. The molecule has 1 saturated heterocycles. The molecule has 2 rings (SSSR count). The van der Waals surface area contributed by atoms with Crippen LogP contribution in [0, 0.1) is 6.92 Å². The highest BCUT2D eigenvalue weighted by molar-refractivity contribution is 5.00. The highest BCUT2D eigenvalue weighted by atomic mass is 16.3. The van der Waals surface area contributed by atoms with Crippen molar-refractivity contribution in [3.63, 3.8) is 0 Å². The Morgan fingerprint density at radius 2 is 2.50 bits per heavy atom. The maximum atomic E-state index is 10.2. The van der Waals surface area contributed by atoms with Crippen LogP contribution in [0.1, 0.15) is 25.2 Å². The van der Waals surface area contributed by atoms with Crippen LogP contribution >= 0.6 is 0 Å². The van der Waals surface area contributed by atoms with E-state index in [1.807, 2.05) is 24.6 Å². The Labute approximate surface area is 84.0 Å². The molecule has 0 saturated carbocycles. The molecule has 4 nitrogen and oxygen atoms in total. The van der Waals surface area contributed by atoms with E-state index >= 15 is 0 Å². The topological polar surface area (TPSA) is 50.1 Å². The van der Waals surface area contributed by atoms with E-state index < -0.39 is 5.60 Å². The van der Waals surface area contributed by atoms with Crippen LogP contribution in [-0.2, 0) is 0 Å². The Morgan fingerprint density at radius 3 is 3.07 bits per heavy atom. The summed E-state index contributed by atoms with van der Waals surface area (Å²) in [5.74, 6) is 0.957. The lowest BCUT2D eigenvalue weighted by Gasteiger charge is -2.38. The minimum Gasteiger partial charge on any atom is -0.388 e. The maximum absolute atomic E-state index is 10.2. The predicted molar refractivity (Wildman–Crippen MR) is 54.1 cm³/mol. The van der Waals surface area contributed by atoms with Gasteiger partial charge in [-0.3, -0.25) is 0 Å². The smallest absolute Gasteiger partial charge is 0.105 e. The van der Waals surface area contributed by atoms with Gasteiger partial charge in [0, 0.05) is 18.9 Å². The van der Waals surface area contributed by atoms with Crippen LogP contribution < -0.4 is 5.32 Å². The number of aryl methyl sites for hydroxylation is 1. The predicted octanol–water partition coefficient (Wildman–Crippen LogP) is 0.477. The van der Waals surface area contributed by atoms with Gasteiger partial charge >= 0.3 is 0 Å². The summed E-state index contributed by atoms with van der Waals surface area (Å²) < 4.78 is 2.05. The molecule has 0 aromatic carbocycles. The van der Waals surface area contributed by atoms with Crippen molar-refractivity contribution in [2.45, 2.75) is 31.9 Å². The summed E-state index contributed by atoms with van der Waals surface area (Å²) in [4.78, 5) is 4.18. The van der Waals surface area contributed by atoms with Gasteiger partial charge in [-0.15, -0.1) is 0 Å². The second-order valence-electron chi connectivity index (χ2n) is 4.21. The van der Waals surface area contributed by atoms with Gasteiger partial charge in [0.25, 0.3) is 0 Å². The summed E-state index contributed by atoms with van der Waals surface area (Å²) in [6, 6.07) is 0.0961. The molecule has 1 fully saturated rings. The number of piperidine rings is 1. The normalized spacial score (nSPS) is 33.2. The van der Waals surface area contributed by atoms with E-state index in [9.17, 15) is 5.11 Å². The first-order chi connectivity index (χ1) is 6.61. The lowest BCUT2D eigenvalue weighted by Crippen LogP contribution is -2.49. The molecule has 2 N–H and O–H groups in total. The van der Waals surface area contributed by atoms with Gasteiger partial charge in [-0.2, -0.15) is 0 Å². The number of imidazole rings is 1. The molecule has 2 unspecified atom stereocenters. The van der Waals surface area contributed by atoms with E-state index in [1.165, 1.54) is 0 Å². The average molecular weight is 195 g/mol. The maximum Gasteiger partial charge on any atom is 0.105 e. The van der Waals surface area contributed by atoms with Gasteiger partial charge in [0.2, 0.25) is 0 Å². The quantitative estimate of drug-likeness (QED) is 0.685. The van der Waals surface area contributed by atoms with E-state index in [0.717, 1.165) is 25.3 Å². The summed E-state index contributed by atoms with van der Waals surface area (Å²) in [5, 5.41) is 13.5. The first kappa shape index (κ1) is 9.68. The minimum atomic E-state index is -0.628. The monoisotopic (exact) mass is 195 g/mol. The van der Waals surface area contributed by atoms with Gasteiger partial charge < -0.3 is 15.0 Å². The molecule has 78 valence electrons. The molecule has 1 aromatic rings. The summed E-state index contributed by atoms with van der Waals surface area (Å²) in [6.45, 7) is 5.56. The average Bonchev–Trinajstić information content (AvgIpc) is 2.51. The number of aliphatic hydroxyl groups is 1. The summed E-state index contributed by atoms with van der Waals surface area (Å²) in [6.07, 6.45) is 4.50. The van der Waals surface area contributed by atoms with Crippen LogP contribution in [-0.4, -0.2) is 33.3 Å². The van der Waals surface area contributed by atoms with Crippen molar-refractivity contribution >= 4 is 0 Å². The van der Waals surface area contributed by atoms with Crippen LogP contribution in [0.5, 0.6) is 0 Å². The van der Waals surface area contributed by atoms with Crippen molar-refractivity contribution in [1.29, 1.82) is 0 Å². The van der Waals surface area contributed by atoms with Gasteiger partial charge in [0.05, 0.1) is 11.6 Å². The third-order valence-corrected chi connectivity index (χ3v) is 3.06. The summed E-state index contributed by atoms with van der Waals surface area (Å²) >= 11 is 0. The van der Waals surface area contributed by atoms with Crippen molar-refractivity contribution in [1.82, 2.24) is 14.9 Å². The number of aromatic nitrogens is 2. The Hall–Kier alpha value is -0.870. The van der Waals surface area contributed by atoms with Crippen molar-refractivity contribution in [2.75, 3.05) is 13.1 Å². The Balaban J connectivity index is 2.28. The SMILES string of the molecule is Cc1nccn1C1CNCCC1(C)O. The third-order valence-electron chi connectivity index (χ3n) is 3.06. The number of rotatable bonds is 1. The number of nitrogens with zero attached hydrogens (tertiary/aromatic N) is 2. The molecule has 0 radical (unpaired) electrons. The van der Waals surface area contributed by atoms with E-state index in [4.69, 9.17) is 0 Å². The molecule has 0 bridgehead atoms. The molecular formula is C10H17N3O. The van der Waals surface area contributed by atoms with Crippen molar-refractivity contribution in [3.05, 3.63) is 18.2 Å². The molecule has 1 aliphatic heterocycles. The zero-order valence-electron chi connectivity index (χ0n) is 8.70. The minimum absolute atomic E-state index is 0.0961. The van der Waals surface area contributed by atoms with Crippen molar-refractivity contribution in [3.8, 4) is 0 Å². The van der Waals surface area contributed by atoms with Crippen LogP contribution in [0.25, 0.3) is 0 Å². The van der Waals surface area contributed by atoms with Crippen LogP contribution in [0.2, 0.25) is 0 Å². The Kier molecular flexibility index (Phi) is 2.33. The van der Waals surface area contributed by atoms with Crippen LogP contribution in [0.3, 0.4) is 0 Å². The van der Waals surface area contributed by atoms with Gasteiger partial charge in [-0.1, -0.05) is 0 Å². The van der Waals surface area contributed by atoms with Gasteiger partial charge in [-0.25, -0.2) is 4.98 Å². The zero-order valence-corrected chi connectivity index (χ0v) is 8.70. The van der Waals surface area contributed by atoms with Gasteiger partial charge in [0.1, 0.15) is 5.82 Å². The largest absolute Gasteiger partial charge is 0.388 e. The lowest BCUT2D eigenvalue weighted by atomic mass is 9.89. The fraction of sp³-hybridized carbons (Fsp3) is 0.700. The van der Waals surface area contributed by atoms with Crippen LogP contribution in [0.15, 0.2) is 12.4 Å². The van der Waals surface area contributed by atoms with Gasteiger partial charge in [0.15, 0.2) is 0 Å². The third kappa shape index (κ3) is 1.55.